The first kappa shape index (κ1) is 49.5. The van der Waals surface area contributed by atoms with Crippen molar-refractivity contribution in [1.82, 2.24) is 35.0 Å². The van der Waals surface area contributed by atoms with E-state index in [1.54, 1.807) is 11.3 Å². The number of nitrogens with zero attached hydrogens (tertiary/aromatic N) is 3. The standard InChI is InChI=1S/C55H66N10O8S/c1-9-11-44-56-27-43(74-44)52-65-37-14-13-30(35-25-58-49(59-35)41-22-34-20-39(34)64(41)51(67)47(62-54(69)71-8)31-15-17-72-55(5,6)24-31)19-33(37)21-40(65)45-29(4)18-32(23-42(45)73-52)36-26-57-48(60-36)38-12-10-16-63(38)50(66)46(28(2)3)61-53(68)70-7/h13-14,18-19,21,23,25-28,31,34,38-39,41,46-47,52H,9-12,15-17,20,22,24H2,1-8H3,(H,57,60)(H,58,59)(H,61,68)(H,62,69)/p+3/t31?,34-,38+,39-,41+,46+,47?,52?/m1/s1. The molecule has 4 amide bonds. The Hall–Kier alpha value is -6.73. The van der Waals surface area contributed by atoms with E-state index in [0.29, 0.717) is 31.9 Å². The Morgan fingerprint density at radius 1 is 0.892 bits per heavy atom. The molecule has 74 heavy (non-hydrogen) atoms. The topological polar surface area (TPSA) is 215 Å². The number of likely N-dealkylation sites (tertiary alicyclic amines) is 2. The van der Waals surface area contributed by atoms with E-state index in [1.807, 2.05) is 49.9 Å². The maximum absolute atomic E-state index is 14.7. The number of carbonyl (C=O) groups excluding carboxylic acids is 4. The van der Waals surface area contributed by atoms with Gasteiger partial charge in [0.05, 0.1) is 31.0 Å². The molecule has 0 bridgehead atoms. The molecule has 6 aromatic rings. The number of amides is 4. The van der Waals surface area contributed by atoms with Crippen molar-refractivity contribution >= 4 is 46.2 Å². The molecular weight excluding hydrogens is 961 g/mol. The van der Waals surface area contributed by atoms with Gasteiger partial charge in [0.15, 0.2) is 17.6 Å². The van der Waals surface area contributed by atoms with Crippen LogP contribution in [0.25, 0.3) is 44.7 Å². The molecule has 0 radical (unpaired) electrons. The third kappa shape index (κ3) is 9.08. The predicted molar refractivity (Wildman–Crippen MR) is 274 cm³/mol. The number of ether oxygens (including phenoxy) is 4. The van der Waals surface area contributed by atoms with E-state index in [-0.39, 0.29) is 41.8 Å². The molecule has 2 aromatic carbocycles. The van der Waals surface area contributed by atoms with Gasteiger partial charge in [-0.15, -0.1) is 0 Å². The van der Waals surface area contributed by atoms with E-state index in [9.17, 15) is 19.2 Å². The molecule has 19 heteroatoms. The minimum absolute atomic E-state index is 0.0737. The van der Waals surface area contributed by atoms with Crippen molar-refractivity contribution in [2.45, 2.75) is 135 Å². The zero-order valence-corrected chi connectivity index (χ0v) is 44.3. The van der Waals surface area contributed by atoms with Crippen LogP contribution in [0.4, 0.5) is 9.59 Å². The Bertz CT molecular complexity index is 3140. The van der Waals surface area contributed by atoms with Crippen LogP contribution in [0.1, 0.15) is 125 Å². The molecule has 7 N–H and O–H groups in total. The molecule has 1 saturated carbocycles. The summed E-state index contributed by atoms with van der Waals surface area (Å²) in [5.74, 6) is 2.45. The number of aromatic nitrogens is 6. The quantitative estimate of drug-likeness (QED) is 0.0900. The van der Waals surface area contributed by atoms with Crippen LogP contribution >= 0.6 is 11.3 Å². The van der Waals surface area contributed by atoms with E-state index in [2.05, 4.69) is 96.6 Å². The number of benzene rings is 2. The van der Waals surface area contributed by atoms with Gasteiger partial charge in [-0.3, -0.25) is 14.2 Å². The van der Waals surface area contributed by atoms with Gasteiger partial charge in [0.25, 0.3) is 11.6 Å². The Balaban J connectivity index is 0.898. The summed E-state index contributed by atoms with van der Waals surface area (Å²) in [5.41, 5.74) is 7.48. The number of hydrogen-bond acceptors (Lipinski definition) is 9. The molecule has 1 aliphatic carbocycles. The van der Waals surface area contributed by atoms with Crippen LogP contribution in [0.3, 0.4) is 0 Å². The highest BCUT2D eigenvalue weighted by atomic mass is 32.1. The van der Waals surface area contributed by atoms with Crippen LogP contribution in [-0.2, 0) is 30.2 Å². The summed E-state index contributed by atoms with van der Waals surface area (Å²) in [6, 6.07) is 11.4. The third-order valence-corrected chi connectivity index (χ3v) is 17.1. The summed E-state index contributed by atoms with van der Waals surface area (Å²) >= 11 is 1.74. The van der Waals surface area contributed by atoms with Crippen LogP contribution in [0.15, 0.2) is 55.0 Å². The number of aryl methyl sites for hydroxylation is 2. The number of thiazole rings is 1. The second kappa shape index (κ2) is 19.5. The van der Waals surface area contributed by atoms with Crippen LogP contribution in [0, 0.1) is 24.7 Å². The number of alkyl carbamates (subject to hydrolysis) is 2. The number of fused-ring (bicyclic) bond motifs is 6. The fourth-order valence-electron chi connectivity index (χ4n) is 12.3. The third-order valence-electron chi connectivity index (χ3n) is 16.0. The van der Waals surface area contributed by atoms with Crippen LogP contribution in [0.2, 0.25) is 0 Å². The van der Waals surface area contributed by atoms with Gasteiger partial charge in [-0.25, -0.2) is 34.5 Å². The van der Waals surface area contributed by atoms with E-state index >= 15 is 0 Å². The SMILES string of the molecule is CCCc1[nH+]cc(C2Oc3cc(-c4c[nH+]c([C@@H]5CCCN5C(=O)[C@@H](NC(=O)OC)C(C)C)[nH]4)cc(C)c3-c3cc4cc(-c5c[nH+]c([C@@H]6C[C@H]7C[C@H]7N6C(=O)C(NC(=O)OC)C6CCOC(C)(C)C6)[nH]5)ccc4n32)s1. The first-order valence-electron chi connectivity index (χ1n) is 26.3. The molecule has 8 heterocycles. The largest absolute Gasteiger partial charge is 0.464 e. The second-order valence-corrected chi connectivity index (χ2v) is 23.0. The smallest absolute Gasteiger partial charge is 0.407 e. The lowest BCUT2D eigenvalue weighted by Gasteiger charge is -2.40. The van der Waals surface area contributed by atoms with Crippen molar-refractivity contribution < 1.29 is 53.1 Å². The minimum atomic E-state index is -0.724. The highest BCUT2D eigenvalue weighted by Gasteiger charge is 2.58. The van der Waals surface area contributed by atoms with Crippen LogP contribution in [-0.4, -0.2) is 99.4 Å². The number of H-pyrrole nitrogens is 5. The van der Waals surface area contributed by atoms with Gasteiger partial charge >= 0.3 is 12.2 Å². The number of carbonyl (C=O) groups is 4. The fourth-order valence-corrected chi connectivity index (χ4v) is 13.4. The average molecular weight is 1030 g/mol. The number of piperidine rings is 1. The zero-order valence-electron chi connectivity index (χ0n) is 43.5. The maximum atomic E-state index is 14.7. The number of imidazole rings is 2. The van der Waals surface area contributed by atoms with Gasteiger partial charge in [-0.1, -0.05) is 32.1 Å². The molecule has 11 rings (SSSR count). The molecule has 4 aromatic heterocycles. The Kier molecular flexibility index (Phi) is 13.1. The molecule has 3 saturated heterocycles. The summed E-state index contributed by atoms with van der Waals surface area (Å²) in [4.78, 5) is 76.3. The molecule has 3 unspecified atom stereocenters. The first-order valence-corrected chi connectivity index (χ1v) is 27.1. The Labute approximate surface area is 434 Å². The van der Waals surface area contributed by atoms with Gasteiger partial charge in [0, 0.05) is 47.7 Å². The maximum Gasteiger partial charge on any atom is 0.407 e. The van der Waals surface area contributed by atoms with E-state index < -0.39 is 36.1 Å². The number of methoxy groups -OCH3 is 2. The summed E-state index contributed by atoms with van der Waals surface area (Å²) in [7, 11) is 2.63. The monoisotopic (exact) mass is 1030 g/mol. The van der Waals surface area contributed by atoms with E-state index in [0.717, 1.165) is 111 Å². The van der Waals surface area contributed by atoms with Gasteiger partial charge in [-0.2, -0.15) is 0 Å². The summed E-state index contributed by atoms with van der Waals surface area (Å²) in [6.45, 7) is 13.3. The number of rotatable bonds is 13. The summed E-state index contributed by atoms with van der Waals surface area (Å²) in [5, 5.41) is 7.93. The Morgan fingerprint density at radius 2 is 1.64 bits per heavy atom. The summed E-state index contributed by atoms with van der Waals surface area (Å²) in [6.07, 6.45) is 11.0. The Morgan fingerprint density at radius 3 is 2.36 bits per heavy atom. The second-order valence-electron chi connectivity index (χ2n) is 21.8. The van der Waals surface area contributed by atoms with E-state index in [1.165, 1.54) is 19.2 Å². The normalized spacial score (nSPS) is 23.4. The molecular formula is C55H69N10O8S+3. The first-order chi connectivity index (χ1) is 35.6. The highest BCUT2D eigenvalue weighted by molar-refractivity contribution is 7.11. The van der Waals surface area contributed by atoms with Crippen molar-refractivity contribution in [1.29, 1.82) is 0 Å². The number of nitrogens with one attached hydrogen (secondary N) is 7. The minimum Gasteiger partial charge on any atom is -0.464 e. The molecule has 4 aliphatic heterocycles. The molecule has 5 aliphatic rings. The van der Waals surface area contributed by atoms with Crippen molar-refractivity contribution in [3.8, 4) is 39.5 Å². The molecule has 0 spiro atoms. The molecule has 4 fully saturated rings. The van der Waals surface area contributed by atoms with Gasteiger partial charge in [-0.05, 0) is 125 Å². The van der Waals surface area contributed by atoms with Crippen molar-refractivity contribution in [2.75, 3.05) is 27.4 Å². The molecule has 390 valence electrons. The molecule has 8 atom stereocenters. The fraction of sp³-hybridized carbons (Fsp3) is 0.509. The highest BCUT2D eigenvalue weighted by Crippen LogP contribution is 2.54. The van der Waals surface area contributed by atoms with Gasteiger partial charge < -0.3 is 39.4 Å². The van der Waals surface area contributed by atoms with Crippen molar-refractivity contribution in [2.24, 2.45) is 17.8 Å². The summed E-state index contributed by atoms with van der Waals surface area (Å²) < 4.78 is 25.3. The van der Waals surface area contributed by atoms with Crippen LogP contribution < -0.4 is 30.3 Å². The number of aromatic amines is 5. The lowest BCUT2D eigenvalue weighted by molar-refractivity contribution is -0.394. The van der Waals surface area contributed by atoms with Gasteiger partial charge in [0.1, 0.15) is 47.2 Å². The van der Waals surface area contributed by atoms with Gasteiger partial charge in [0.2, 0.25) is 23.0 Å². The lowest BCUT2D eigenvalue weighted by atomic mass is 9.82. The zero-order chi connectivity index (χ0) is 51.7. The van der Waals surface area contributed by atoms with E-state index in [4.69, 9.17) is 18.9 Å². The lowest BCUT2D eigenvalue weighted by Crippen LogP contribution is -2.55. The van der Waals surface area contributed by atoms with Crippen LogP contribution in [0.5, 0.6) is 5.75 Å². The average Bonchev–Trinajstić information content (AvgIpc) is 4.15. The molecule has 18 nitrogen and oxygen atoms in total. The predicted octanol–water partition coefficient (Wildman–Crippen LogP) is 7.64. The van der Waals surface area contributed by atoms with Crippen molar-refractivity contribution in [3.05, 3.63) is 82.1 Å². The van der Waals surface area contributed by atoms with Crippen molar-refractivity contribution in [3.63, 3.8) is 0 Å². The number of hydrogen-bond donors (Lipinski definition) is 4.